The molecule has 0 fully saturated rings. The minimum atomic E-state index is 0.0165. The zero-order chi connectivity index (χ0) is 14.7. The van der Waals surface area contributed by atoms with Crippen molar-refractivity contribution in [2.24, 2.45) is 10.9 Å². The second kappa shape index (κ2) is 6.20. The fraction of sp³-hybridized carbons (Fsp3) is 0.133. The molecule has 0 spiro atoms. The predicted octanol–water partition coefficient (Wildman–Crippen LogP) is 4.20. The third kappa shape index (κ3) is 3.08. The Morgan fingerprint density at radius 2 is 1.95 bits per heavy atom. The van der Waals surface area contributed by atoms with E-state index in [9.17, 15) is 0 Å². The number of benzene rings is 2. The Balaban J connectivity index is 2.46. The van der Waals surface area contributed by atoms with Crippen LogP contribution in [0.15, 0.2) is 51.3 Å². The van der Waals surface area contributed by atoms with Crippen LogP contribution in [0.4, 0.5) is 0 Å². The molecule has 0 atom stereocenters. The van der Waals surface area contributed by atoms with Crippen molar-refractivity contribution in [3.8, 4) is 0 Å². The highest BCUT2D eigenvalue weighted by molar-refractivity contribution is 7.99. The molecular formula is C15H15ClN2OS. The van der Waals surface area contributed by atoms with Crippen molar-refractivity contribution in [1.29, 1.82) is 0 Å². The number of hydrogen-bond donors (Lipinski definition) is 2. The summed E-state index contributed by atoms with van der Waals surface area (Å²) >= 11 is 7.70. The van der Waals surface area contributed by atoms with Gasteiger partial charge in [-0.15, -0.1) is 0 Å². The maximum Gasteiger partial charge on any atom is 0.172 e. The van der Waals surface area contributed by atoms with Crippen molar-refractivity contribution in [1.82, 2.24) is 0 Å². The van der Waals surface area contributed by atoms with E-state index >= 15 is 0 Å². The Kier molecular flexibility index (Phi) is 4.57. The summed E-state index contributed by atoms with van der Waals surface area (Å²) in [6, 6.07) is 11.7. The van der Waals surface area contributed by atoms with Gasteiger partial charge >= 0.3 is 0 Å². The van der Waals surface area contributed by atoms with Gasteiger partial charge in [0.25, 0.3) is 0 Å². The van der Waals surface area contributed by atoms with Crippen molar-refractivity contribution in [2.75, 3.05) is 0 Å². The molecule has 5 heteroatoms. The van der Waals surface area contributed by atoms with Gasteiger partial charge in [-0.05, 0) is 37.6 Å². The zero-order valence-corrected chi connectivity index (χ0v) is 12.8. The van der Waals surface area contributed by atoms with Crippen LogP contribution < -0.4 is 5.73 Å². The van der Waals surface area contributed by atoms with Crippen LogP contribution in [0.1, 0.15) is 16.7 Å². The molecule has 0 aromatic heterocycles. The van der Waals surface area contributed by atoms with Crippen molar-refractivity contribution in [3.05, 3.63) is 58.1 Å². The van der Waals surface area contributed by atoms with Crippen LogP contribution in [-0.2, 0) is 0 Å². The van der Waals surface area contributed by atoms with Gasteiger partial charge in [-0.1, -0.05) is 52.3 Å². The van der Waals surface area contributed by atoms with Crippen molar-refractivity contribution >= 4 is 29.2 Å². The molecule has 104 valence electrons. The zero-order valence-electron chi connectivity index (χ0n) is 11.2. The normalized spacial score (nSPS) is 11.7. The third-order valence-electron chi connectivity index (χ3n) is 2.89. The number of nitrogens with two attached hydrogens (primary N) is 1. The summed E-state index contributed by atoms with van der Waals surface area (Å²) in [7, 11) is 0. The van der Waals surface area contributed by atoms with E-state index in [2.05, 4.69) is 37.2 Å². The summed E-state index contributed by atoms with van der Waals surface area (Å²) in [5.74, 6) is 0.0165. The van der Waals surface area contributed by atoms with Crippen LogP contribution in [0.2, 0.25) is 5.02 Å². The van der Waals surface area contributed by atoms with E-state index in [1.165, 1.54) is 11.1 Å². The molecule has 20 heavy (non-hydrogen) atoms. The van der Waals surface area contributed by atoms with Gasteiger partial charge in [-0.3, -0.25) is 0 Å². The van der Waals surface area contributed by atoms with E-state index in [0.717, 1.165) is 9.79 Å². The lowest BCUT2D eigenvalue weighted by molar-refractivity contribution is 0.318. The van der Waals surface area contributed by atoms with Crippen molar-refractivity contribution in [2.45, 2.75) is 23.6 Å². The fourth-order valence-corrected chi connectivity index (χ4v) is 3.30. The summed E-state index contributed by atoms with van der Waals surface area (Å²) < 4.78 is 0. The highest BCUT2D eigenvalue weighted by Gasteiger charge is 2.13. The molecule has 0 aliphatic rings. The molecule has 0 saturated heterocycles. The van der Waals surface area contributed by atoms with Crippen LogP contribution in [0.25, 0.3) is 0 Å². The number of aryl methyl sites for hydroxylation is 2. The van der Waals surface area contributed by atoms with Crippen LogP contribution in [-0.4, -0.2) is 11.0 Å². The average Bonchev–Trinajstić information content (AvgIpc) is 2.41. The number of oxime groups is 1. The number of halogens is 1. The Morgan fingerprint density at radius 3 is 2.60 bits per heavy atom. The molecule has 0 bridgehead atoms. The topological polar surface area (TPSA) is 58.6 Å². The molecule has 0 aliphatic heterocycles. The first-order valence-corrected chi connectivity index (χ1v) is 7.24. The molecule has 0 radical (unpaired) electrons. The lowest BCUT2D eigenvalue weighted by atomic mass is 10.2. The van der Waals surface area contributed by atoms with E-state index in [0.29, 0.717) is 10.6 Å². The number of amidine groups is 1. The molecule has 0 aliphatic carbocycles. The van der Waals surface area contributed by atoms with Crippen molar-refractivity contribution in [3.63, 3.8) is 0 Å². The molecular weight excluding hydrogens is 292 g/mol. The average molecular weight is 307 g/mol. The second-order valence-corrected chi connectivity index (χ2v) is 5.96. The Bertz CT molecular complexity index is 671. The molecule has 0 heterocycles. The van der Waals surface area contributed by atoms with E-state index in [4.69, 9.17) is 22.5 Å². The van der Waals surface area contributed by atoms with Gasteiger partial charge in [0.1, 0.15) is 0 Å². The van der Waals surface area contributed by atoms with Crippen LogP contribution in [0, 0.1) is 13.8 Å². The standard InChI is InChI=1S/C15H15ClN2OS/c1-9-6-7-12(10(2)8-9)20-13-5-3-4-11(16)14(13)15(17)18-19/h3-8,19H,1-2H3,(H2,17,18). The lowest BCUT2D eigenvalue weighted by Crippen LogP contribution is -2.14. The van der Waals surface area contributed by atoms with Crippen LogP contribution in [0.5, 0.6) is 0 Å². The second-order valence-electron chi connectivity index (χ2n) is 4.47. The molecule has 0 amide bonds. The van der Waals surface area contributed by atoms with E-state index in [-0.39, 0.29) is 5.84 Å². The number of nitrogens with zero attached hydrogens (tertiary/aromatic N) is 1. The minimum absolute atomic E-state index is 0.0165. The van der Waals surface area contributed by atoms with Gasteiger partial charge in [0.15, 0.2) is 5.84 Å². The molecule has 2 aromatic rings. The van der Waals surface area contributed by atoms with E-state index < -0.39 is 0 Å². The maximum absolute atomic E-state index is 8.89. The monoisotopic (exact) mass is 306 g/mol. The predicted molar refractivity (Wildman–Crippen MR) is 84.0 cm³/mol. The van der Waals surface area contributed by atoms with Crippen LogP contribution >= 0.6 is 23.4 Å². The highest BCUT2D eigenvalue weighted by Crippen LogP contribution is 2.35. The molecule has 2 aromatic carbocycles. The van der Waals surface area contributed by atoms with Crippen LogP contribution in [0.3, 0.4) is 0 Å². The maximum atomic E-state index is 8.89. The van der Waals surface area contributed by atoms with Crippen molar-refractivity contribution < 1.29 is 5.21 Å². The highest BCUT2D eigenvalue weighted by atomic mass is 35.5. The summed E-state index contributed by atoms with van der Waals surface area (Å²) in [6.07, 6.45) is 0. The first kappa shape index (κ1) is 14.8. The summed E-state index contributed by atoms with van der Waals surface area (Å²) in [6.45, 7) is 4.12. The quantitative estimate of drug-likeness (QED) is 0.387. The molecule has 2 rings (SSSR count). The summed E-state index contributed by atoms with van der Waals surface area (Å²) in [5.41, 5.74) is 8.67. The van der Waals surface area contributed by atoms with Gasteiger partial charge in [0, 0.05) is 9.79 Å². The molecule has 0 unspecified atom stereocenters. The third-order valence-corrected chi connectivity index (χ3v) is 4.44. The number of hydrogen-bond acceptors (Lipinski definition) is 3. The van der Waals surface area contributed by atoms with E-state index in [1.54, 1.807) is 17.8 Å². The molecule has 0 saturated carbocycles. The first-order valence-electron chi connectivity index (χ1n) is 6.04. The SMILES string of the molecule is Cc1ccc(Sc2cccc(Cl)c2C(N)=NO)c(C)c1. The van der Waals surface area contributed by atoms with Gasteiger partial charge < -0.3 is 10.9 Å². The van der Waals surface area contributed by atoms with E-state index in [1.807, 2.05) is 12.1 Å². The van der Waals surface area contributed by atoms with Gasteiger partial charge in [0.05, 0.1) is 10.6 Å². The van der Waals surface area contributed by atoms with Gasteiger partial charge in [-0.2, -0.15) is 0 Å². The first-order chi connectivity index (χ1) is 9.52. The Labute approximate surface area is 127 Å². The smallest absolute Gasteiger partial charge is 0.172 e. The fourth-order valence-electron chi connectivity index (χ4n) is 1.92. The Morgan fingerprint density at radius 1 is 1.20 bits per heavy atom. The lowest BCUT2D eigenvalue weighted by Gasteiger charge is -2.11. The van der Waals surface area contributed by atoms with Gasteiger partial charge in [0.2, 0.25) is 0 Å². The molecule has 3 N–H and O–H groups in total. The summed E-state index contributed by atoms with van der Waals surface area (Å²) in [5, 5.41) is 12.4. The Hall–Kier alpha value is -1.65. The summed E-state index contributed by atoms with van der Waals surface area (Å²) in [4.78, 5) is 1.98. The molecule has 3 nitrogen and oxygen atoms in total. The largest absolute Gasteiger partial charge is 0.409 e. The van der Waals surface area contributed by atoms with Gasteiger partial charge in [-0.25, -0.2) is 0 Å². The number of rotatable bonds is 3. The minimum Gasteiger partial charge on any atom is -0.409 e.